The van der Waals surface area contributed by atoms with Gasteiger partial charge in [0, 0.05) is 29.5 Å². The van der Waals surface area contributed by atoms with Gasteiger partial charge in [-0.1, -0.05) is 24.3 Å². The number of carbonyl (C=O) groups is 1. The molecule has 2 aromatic carbocycles. The van der Waals surface area contributed by atoms with Gasteiger partial charge in [-0.25, -0.2) is 4.42 Å². The average Bonchev–Trinajstić information content (AvgIpc) is 2.46. The molecule has 0 fully saturated rings. The van der Waals surface area contributed by atoms with E-state index in [-0.39, 0.29) is 11.3 Å². The Hall–Kier alpha value is -2.40. The first-order chi connectivity index (χ1) is 9.09. The summed E-state index contributed by atoms with van der Waals surface area (Å²) >= 11 is 5.94. The van der Waals surface area contributed by atoms with Crippen LogP contribution in [0.4, 0.5) is 11.4 Å². The van der Waals surface area contributed by atoms with Gasteiger partial charge in [0.1, 0.15) is 0 Å². The number of nitro benzene ring substituents is 1. The van der Waals surface area contributed by atoms with Crippen molar-refractivity contribution in [3.05, 3.63) is 70.3 Å². The second-order valence-corrected chi connectivity index (χ2v) is 4.07. The summed E-state index contributed by atoms with van der Waals surface area (Å²) in [4.78, 5) is 22.2. The van der Waals surface area contributed by atoms with Crippen LogP contribution in [-0.2, 0) is 0 Å². The lowest BCUT2D eigenvalue weighted by Gasteiger charge is -2.13. The molecule has 0 saturated heterocycles. The number of benzene rings is 2. The molecule has 0 radical (unpaired) electrons. The van der Waals surface area contributed by atoms with Crippen molar-refractivity contribution in [2.24, 2.45) is 0 Å². The minimum atomic E-state index is -0.558. The predicted molar refractivity (Wildman–Crippen MR) is 72.2 cm³/mol. The summed E-state index contributed by atoms with van der Waals surface area (Å²) in [5, 5.41) is 10.7. The molecule has 0 spiro atoms. The summed E-state index contributed by atoms with van der Waals surface area (Å²) in [7, 11) is 0. The Bertz CT molecular complexity index is 616. The van der Waals surface area contributed by atoms with Crippen LogP contribution in [0.25, 0.3) is 0 Å². The standard InChI is InChI=1S/C13H9ClN2O3/c14-15(11-6-2-1-3-7-11)13(17)10-5-4-8-12(9-10)16(18)19/h1-9H. The normalized spacial score (nSPS) is 9.95. The van der Waals surface area contributed by atoms with Crippen LogP contribution in [0.2, 0.25) is 0 Å². The Morgan fingerprint density at radius 3 is 2.42 bits per heavy atom. The molecule has 0 saturated carbocycles. The second-order valence-electron chi connectivity index (χ2n) is 3.73. The maximum absolute atomic E-state index is 12.1. The average molecular weight is 277 g/mol. The number of rotatable bonds is 3. The van der Waals surface area contributed by atoms with Crippen LogP contribution in [0.5, 0.6) is 0 Å². The number of anilines is 1. The molecule has 2 rings (SSSR count). The van der Waals surface area contributed by atoms with Gasteiger partial charge in [-0.2, -0.15) is 0 Å². The highest BCUT2D eigenvalue weighted by atomic mass is 35.5. The van der Waals surface area contributed by atoms with Crippen molar-refractivity contribution in [3.8, 4) is 0 Å². The maximum Gasteiger partial charge on any atom is 0.273 e. The zero-order valence-electron chi connectivity index (χ0n) is 9.69. The first-order valence-electron chi connectivity index (χ1n) is 5.39. The number of nitro groups is 1. The van der Waals surface area contributed by atoms with Crippen LogP contribution in [0.1, 0.15) is 10.4 Å². The van der Waals surface area contributed by atoms with Crippen molar-refractivity contribution >= 4 is 29.1 Å². The lowest BCUT2D eigenvalue weighted by atomic mass is 10.2. The van der Waals surface area contributed by atoms with Crippen LogP contribution in [-0.4, -0.2) is 10.8 Å². The van der Waals surface area contributed by atoms with Crippen molar-refractivity contribution in [1.29, 1.82) is 0 Å². The van der Waals surface area contributed by atoms with Crippen LogP contribution in [0.15, 0.2) is 54.6 Å². The summed E-state index contributed by atoms with van der Waals surface area (Å²) < 4.78 is 0.930. The second kappa shape index (κ2) is 5.49. The summed E-state index contributed by atoms with van der Waals surface area (Å²) in [6.45, 7) is 0. The Kier molecular flexibility index (Phi) is 3.77. The fraction of sp³-hybridized carbons (Fsp3) is 0. The molecule has 2 aromatic rings. The van der Waals surface area contributed by atoms with Gasteiger partial charge in [-0.15, -0.1) is 0 Å². The first-order valence-corrected chi connectivity index (χ1v) is 5.73. The molecule has 0 bridgehead atoms. The number of hydrogen-bond donors (Lipinski definition) is 0. The third-order valence-corrected chi connectivity index (χ3v) is 2.81. The van der Waals surface area contributed by atoms with E-state index in [2.05, 4.69) is 0 Å². The molecule has 0 aliphatic carbocycles. The smallest absolute Gasteiger partial charge is 0.267 e. The van der Waals surface area contributed by atoms with E-state index in [1.807, 2.05) is 0 Å². The molecule has 0 N–H and O–H groups in total. The lowest BCUT2D eigenvalue weighted by molar-refractivity contribution is -0.384. The Morgan fingerprint density at radius 2 is 1.79 bits per heavy atom. The van der Waals surface area contributed by atoms with E-state index in [4.69, 9.17) is 11.8 Å². The maximum atomic E-state index is 12.1. The topological polar surface area (TPSA) is 63.4 Å². The molecule has 5 nitrogen and oxygen atoms in total. The number of carbonyl (C=O) groups excluding carboxylic acids is 1. The molecule has 96 valence electrons. The van der Waals surface area contributed by atoms with Crippen LogP contribution >= 0.6 is 11.8 Å². The lowest BCUT2D eigenvalue weighted by Crippen LogP contribution is -2.20. The molecular formula is C13H9ClN2O3. The fourth-order valence-electron chi connectivity index (χ4n) is 1.54. The van der Waals surface area contributed by atoms with Gasteiger partial charge >= 0.3 is 0 Å². The fourth-order valence-corrected chi connectivity index (χ4v) is 1.75. The van der Waals surface area contributed by atoms with Crippen molar-refractivity contribution in [2.45, 2.75) is 0 Å². The minimum absolute atomic E-state index is 0.149. The highest BCUT2D eigenvalue weighted by molar-refractivity contribution is 6.39. The van der Waals surface area contributed by atoms with Gasteiger partial charge in [-0.3, -0.25) is 14.9 Å². The Balaban J connectivity index is 2.29. The van der Waals surface area contributed by atoms with E-state index >= 15 is 0 Å². The van der Waals surface area contributed by atoms with Gasteiger partial charge in [0.05, 0.1) is 10.6 Å². The molecule has 0 unspecified atom stereocenters. The van der Waals surface area contributed by atoms with Gasteiger partial charge in [0.15, 0.2) is 0 Å². The van der Waals surface area contributed by atoms with Crippen molar-refractivity contribution in [2.75, 3.05) is 4.42 Å². The van der Waals surface area contributed by atoms with E-state index in [9.17, 15) is 14.9 Å². The summed E-state index contributed by atoms with van der Waals surface area (Å²) in [5.41, 5.74) is 0.512. The summed E-state index contributed by atoms with van der Waals surface area (Å²) in [6.07, 6.45) is 0. The number of hydrogen-bond acceptors (Lipinski definition) is 3. The minimum Gasteiger partial charge on any atom is -0.267 e. The SMILES string of the molecule is O=C(c1cccc([N+](=O)[O-])c1)N(Cl)c1ccccc1. The number of non-ortho nitro benzene ring substituents is 1. The highest BCUT2D eigenvalue weighted by Crippen LogP contribution is 2.21. The number of amides is 1. The van der Waals surface area contributed by atoms with E-state index in [1.54, 1.807) is 30.3 Å². The zero-order valence-corrected chi connectivity index (χ0v) is 10.4. The number of nitrogens with zero attached hydrogens (tertiary/aromatic N) is 2. The van der Waals surface area contributed by atoms with Crippen LogP contribution in [0.3, 0.4) is 0 Å². The first kappa shape index (κ1) is 13.0. The van der Waals surface area contributed by atoms with Crippen molar-refractivity contribution < 1.29 is 9.72 Å². The third kappa shape index (κ3) is 2.89. The predicted octanol–water partition coefficient (Wildman–Crippen LogP) is 3.40. The number of halogens is 1. The highest BCUT2D eigenvalue weighted by Gasteiger charge is 2.17. The van der Waals surface area contributed by atoms with Gasteiger partial charge in [0.25, 0.3) is 11.6 Å². The zero-order chi connectivity index (χ0) is 13.8. The quantitative estimate of drug-likeness (QED) is 0.490. The van der Waals surface area contributed by atoms with Crippen LogP contribution in [0, 0.1) is 10.1 Å². The van der Waals surface area contributed by atoms with Gasteiger partial charge < -0.3 is 0 Å². The number of para-hydroxylation sites is 1. The van der Waals surface area contributed by atoms with Crippen molar-refractivity contribution in [3.63, 3.8) is 0 Å². The molecule has 6 heteroatoms. The molecule has 0 heterocycles. The van der Waals surface area contributed by atoms with E-state index in [1.165, 1.54) is 24.3 Å². The molecule has 0 aliphatic rings. The molecule has 1 amide bonds. The molecular weight excluding hydrogens is 268 g/mol. The van der Waals surface area contributed by atoms with Crippen molar-refractivity contribution in [1.82, 2.24) is 0 Å². The van der Waals surface area contributed by atoms with E-state index < -0.39 is 10.8 Å². The van der Waals surface area contributed by atoms with E-state index in [0.29, 0.717) is 5.69 Å². The largest absolute Gasteiger partial charge is 0.273 e. The van der Waals surface area contributed by atoms with Gasteiger partial charge in [-0.05, 0) is 18.2 Å². The third-order valence-electron chi connectivity index (χ3n) is 2.47. The Labute approximate surface area is 114 Å². The Morgan fingerprint density at radius 1 is 1.11 bits per heavy atom. The molecule has 0 aromatic heterocycles. The summed E-state index contributed by atoms with van der Waals surface area (Å²) in [6, 6.07) is 14.1. The van der Waals surface area contributed by atoms with E-state index in [0.717, 1.165) is 4.42 Å². The summed E-state index contributed by atoms with van der Waals surface area (Å²) in [5.74, 6) is -0.517. The molecule has 19 heavy (non-hydrogen) atoms. The van der Waals surface area contributed by atoms with Gasteiger partial charge in [0.2, 0.25) is 0 Å². The monoisotopic (exact) mass is 276 g/mol. The molecule has 0 aliphatic heterocycles. The molecule has 0 atom stereocenters. The van der Waals surface area contributed by atoms with Crippen LogP contribution < -0.4 is 4.42 Å².